The zero-order chi connectivity index (χ0) is 27.9. The number of amides is 4. The molecular formula is C28H44N4O5. The van der Waals surface area contributed by atoms with Crippen molar-refractivity contribution in [3.63, 3.8) is 0 Å². The minimum absolute atomic E-state index is 0.167. The van der Waals surface area contributed by atoms with E-state index >= 15 is 0 Å². The molecule has 0 spiro atoms. The van der Waals surface area contributed by atoms with E-state index in [2.05, 4.69) is 17.6 Å². The molecule has 0 aromatic heterocycles. The lowest BCUT2D eigenvalue weighted by molar-refractivity contribution is -0.144. The molecule has 9 heteroatoms. The topological polar surface area (TPSA) is 131 Å². The molecule has 1 aliphatic rings. The molecule has 0 saturated heterocycles. The largest absolute Gasteiger partial charge is 0.444 e. The minimum atomic E-state index is -1.26. The van der Waals surface area contributed by atoms with Crippen LogP contribution in [-0.4, -0.2) is 52.9 Å². The van der Waals surface area contributed by atoms with E-state index in [1.807, 2.05) is 39.0 Å². The fourth-order valence-corrected chi connectivity index (χ4v) is 4.37. The predicted octanol–water partition coefficient (Wildman–Crippen LogP) is 3.66. The second kappa shape index (κ2) is 12.9. The number of aryl methyl sites for hydroxylation is 1. The first-order valence-electron chi connectivity index (χ1n) is 13.2. The molecule has 4 unspecified atom stereocenters. The van der Waals surface area contributed by atoms with Crippen LogP contribution in [0.4, 0.5) is 4.79 Å². The number of unbranched alkanes of at least 4 members (excludes halogenated alkanes) is 2. The Labute approximate surface area is 220 Å². The lowest BCUT2D eigenvalue weighted by atomic mass is 9.94. The second-order valence-corrected chi connectivity index (χ2v) is 11.1. The number of hydrogen-bond acceptors (Lipinski definition) is 5. The van der Waals surface area contributed by atoms with Gasteiger partial charge in [-0.25, -0.2) is 4.79 Å². The summed E-state index contributed by atoms with van der Waals surface area (Å²) in [5.74, 6) is -1.40. The molecule has 2 rings (SSSR count). The summed E-state index contributed by atoms with van der Waals surface area (Å²) in [6.45, 7) is 13.6. The maximum atomic E-state index is 14.1. The van der Waals surface area contributed by atoms with E-state index in [1.165, 1.54) is 0 Å². The Balaban J connectivity index is 2.50. The van der Waals surface area contributed by atoms with Crippen LogP contribution in [0.5, 0.6) is 0 Å². The van der Waals surface area contributed by atoms with Gasteiger partial charge in [0.05, 0.1) is 6.42 Å². The van der Waals surface area contributed by atoms with Crippen LogP contribution in [0, 0.1) is 19.8 Å². The van der Waals surface area contributed by atoms with Gasteiger partial charge < -0.3 is 26.0 Å². The van der Waals surface area contributed by atoms with Crippen molar-refractivity contribution in [3.05, 3.63) is 34.9 Å². The number of alkyl carbamates (subject to hydrolysis) is 1. The molecule has 0 bridgehead atoms. The highest BCUT2D eigenvalue weighted by molar-refractivity contribution is 5.95. The van der Waals surface area contributed by atoms with Crippen molar-refractivity contribution in [3.8, 4) is 0 Å². The van der Waals surface area contributed by atoms with Crippen LogP contribution in [0.3, 0.4) is 0 Å². The summed E-state index contributed by atoms with van der Waals surface area (Å²) < 4.78 is 5.33. The molecule has 4 N–H and O–H groups in total. The van der Waals surface area contributed by atoms with Gasteiger partial charge in [0.25, 0.3) is 0 Å². The number of nitrogens with two attached hydrogens (primary N) is 1. The van der Waals surface area contributed by atoms with Gasteiger partial charge in [-0.05, 0) is 70.1 Å². The van der Waals surface area contributed by atoms with Crippen molar-refractivity contribution in [2.75, 3.05) is 6.54 Å². The maximum absolute atomic E-state index is 14.1. The van der Waals surface area contributed by atoms with Crippen LogP contribution >= 0.6 is 0 Å². The monoisotopic (exact) mass is 516 g/mol. The fraction of sp³-hybridized carbons (Fsp3) is 0.643. The van der Waals surface area contributed by atoms with Gasteiger partial charge in [0.1, 0.15) is 17.7 Å². The Hall–Kier alpha value is -3.10. The first kappa shape index (κ1) is 30.1. The fourth-order valence-electron chi connectivity index (χ4n) is 4.37. The molecule has 1 aromatic rings. The molecule has 1 aliphatic carbocycles. The van der Waals surface area contributed by atoms with Crippen molar-refractivity contribution in [2.24, 2.45) is 11.7 Å². The number of nitrogens with zero attached hydrogens (tertiary/aromatic N) is 1. The summed E-state index contributed by atoms with van der Waals surface area (Å²) in [6, 6.07) is 3.29. The smallest absolute Gasteiger partial charge is 0.408 e. The Kier molecular flexibility index (Phi) is 10.5. The third kappa shape index (κ3) is 8.76. The maximum Gasteiger partial charge on any atom is 0.408 e. The number of primary amides is 1. The molecular weight excluding hydrogens is 472 g/mol. The third-order valence-electron chi connectivity index (χ3n) is 6.62. The van der Waals surface area contributed by atoms with Crippen LogP contribution in [0.25, 0.3) is 0 Å². The number of ether oxygens (including phenoxy) is 1. The molecule has 4 atom stereocenters. The van der Waals surface area contributed by atoms with Crippen LogP contribution in [0.2, 0.25) is 0 Å². The molecule has 1 saturated carbocycles. The van der Waals surface area contributed by atoms with Gasteiger partial charge in [-0.15, -0.1) is 0 Å². The highest BCUT2D eigenvalue weighted by Crippen LogP contribution is 2.41. The number of hydrogen-bond donors (Lipinski definition) is 3. The van der Waals surface area contributed by atoms with E-state index in [1.54, 1.807) is 25.7 Å². The van der Waals surface area contributed by atoms with Gasteiger partial charge in [-0.1, -0.05) is 44.9 Å². The molecule has 37 heavy (non-hydrogen) atoms. The summed E-state index contributed by atoms with van der Waals surface area (Å²) in [7, 11) is 0. The Morgan fingerprint density at radius 3 is 2.35 bits per heavy atom. The lowest BCUT2D eigenvalue weighted by Crippen LogP contribution is -2.55. The van der Waals surface area contributed by atoms with Crippen LogP contribution in [-0.2, 0) is 19.1 Å². The van der Waals surface area contributed by atoms with Crippen molar-refractivity contribution in [1.29, 1.82) is 0 Å². The Morgan fingerprint density at radius 2 is 1.81 bits per heavy atom. The number of benzene rings is 1. The van der Waals surface area contributed by atoms with E-state index in [-0.39, 0.29) is 17.9 Å². The number of carbonyl (C=O) groups is 4. The van der Waals surface area contributed by atoms with Gasteiger partial charge in [0, 0.05) is 12.6 Å². The first-order chi connectivity index (χ1) is 17.3. The van der Waals surface area contributed by atoms with Crippen LogP contribution in [0.1, 0.15) is 89.5 Å². The van der Waals surface area contributed by atoms with Crippen molar-refractivity contribution >= 4 is 23.8 Å². The minimum Gasteiger partial charge on any atom is -0.444 e. The molecule has 4 amide bonds. The lowest BCUT2D eigenvalue weighted by Gasteiger charge is -2.35. The quantitative estimate of drug-likeness (QED) is 0.365. The van der Waals surface area contributed by atoms with Crippen molar-refractivity contribution in [1.82, 2.24) is 15.5 Å². The van der Waals surface area contributed by atoms with Gasteiger partial charge in [-0.2, -0.15) is 0 Å². The summed E-state index contributed by atoms with van der Waals surface area (Å²) in [4.78, 5) is 53.8. The van der Waals surface area contributed by atoms with Gasteiger partial charge in [0.2, 0.25) is 17.7 Å². The van der Waals surface area contributed by atoms with E-state index < -0.39 is 42.0 Å². The molecule has 0 aliphatic heterocycles. The van der Waals surface area contributed by atoms with Gasteiger partial charge in [-0.3, -0.25) is 14.4 Å². The highest BCUT2D eigenvalue weighted by atomic mass is 16.6. The average molecular weight is 517 g/mol. The average Bonchev–Trinajstić information content (AvgIpc) is 3.50. The van der Waals surface area contributed by atoms with Crippen molar-refractivity contribution in [2.45, 2.75) is 104 Å². The highest BCUT2D eigenvalue weighted by Gasteiger charge is 2.48. The summed E-state index contributed by atoms with van der Waals surface area (Å²) in [5.41, 5.74) is 7.29. The molecule has 9 nitrogen and oxygen atoms in total. The summed E-state index contributed by atoms with van der Waals surface area (Å²) in [6.07, 6.45) is 2.31. The van der Waals surface area contributed by atoms with Crippen molar-refractivity contribution < 1.29 is 23.9 Å². The zero-order valence-corrected chi connectivity index (χ0v) is 23.3. The normalized spacial score (nSPS) is 18.4. The molecule has 1 aromatic carbocycles. The Bertz CT molecular complexity index is 987. The molecule has 0 radical (unpaired) electrons. The van der Waals surface area contributed by atoms with E-state index in [4.69, 9.17) is 10.5 Å². The molecule has 0 heterocycles. The van der Waals surface area contributed by atoms with E-state index in [9.17, 15) is 19.2 Å². The van der Waals surface area contributed by atoms with Crippen LogP contribution in [0.15, 0.2) is 18.2 Å². The molecule has 206 valence electrons. The standard InChI is InChI=1S/C28H44N4O5/c1-8-9-10-14-30-25(34)24(20-13-11-12-17(2)19(20)4)32(22-15-18(22)3)26(35)21(16-23(29)33)31-27(36)37-28(5,6)7/h11-13,18,21-22,24H,8-10,14-16H2,1-7H3,(H2,29,33)(H,30,34)(H,31,36). The first-order valence-corrected chi connectivity index (χ1v) is 13.2. The van der Waals surface area contributed by atoms with Crippen LogP contribution < -0.4 is 16.4 Å². The zero-order valence-electron chi connectivity index (χ0n) is 23.3. The number of carbonyl (C=O) groups excluding carboxylic acids is 4. The van der Waals surface area contributed by atoms with E-state index in [0.29, 0.717) is 13.0 Å². The molecule has 1 fully saturated rings. The summed E-state index contributed by atoms with van der Waals surface area (Å²) >= 11 is 0. The second-order valence-electron chi connectivity index (χ2n) is 11.1. The third-order valence-corrected chi connectivity index (χ3v) is 6.62. The Morgan fingerprint density at radius 1 is 1.16 bits per heavy atom. The van der Waals surface area contributed by atoms with E-state index in [0.717, 1.165) is 36.0 Å². The number of nitrogens with one attached hydrogen (secondary N) is 2. The van der Waals surface area contributed by atoms with Gasteiger partial charge >= 0.3 is 6.09 Å². The SMILES string of the molecule is CCCCCNC(=O)C(c1cccc(C)c1C)N(C(=O)C(CC(N)=O)NC(=O)OC(C)(C)C)C1CC1C. The number of rotatable bonds is 12. The summed E-state index contributed by atoms with van der Waals surface area (Å²) in [5, 5.41) is 5.54. The predicted molar refractivity (Wildman–Crippen MR) is 143 cm³/mol. The van der Waals surface area contributed by atoms with Gasteiger partial charge in [0.15, 0.2) is 0 Å².